The summed E-state index contributed by atoms with van der Waals surface area (Å²) in [7, 11) is 0. The zero-order valence-electron chi connectivity index (χ0n) is 8.52. The molecule has 3 nitrogen and oxygen atoms in total. The predicted octanol–water partition coefficient (Wildman–Crippen LogP) is 0.876. The highest BCUT2D eigenvalue weighted by Crippen LogP contribution is 2.33. The van der Waals surface area contributed by atoms with E-state index in [0.29, 0.717) is 0 Å². The third-order valence-corrected chi connectivity index (χ3v) is 3.31. The number of benzene rings is 1. The van der Waals surface area contributed by atoms with Gasteiger partial charge < -0.3 is 10.6 Å². The van der Waals surface area contributed by atoms with E-state index in [0.717, 1.165) is 19.5 Å². The Kier molecular flexibility index (Phi) is 1.83. The highest BCUT2D eigenvalue weighted by molar-refractivity contribution is 5.83. The summed E-state index contributed by atoms with van der Waals surface area (Å²) in [4.78, 5) is 13.9. The molecule has 1 aliphatic heterocycles. The van der Waals surface area contributed by atoms with E-state index < -0.39 is 0 Å². The third kappa shape index (κ3) is 1.43. The molecule has 2 atom stereocenters. The van der Waals surface area contributed by atoms with Gasteiger partial charge in [-0.15, -0.1) is 0 Å². The van der Waals surface area contributed by atoms with E-state index in [1.807, 2.05) is 17.0 Å². The second-order valence-electron chi connectivity index (χ2n) is 4.47. The maximum Gasteiger partial charge on any atom is 0.227 e. The molecule has 1 heterocycles. The normalized spacial score (nSPS) is 27.7. The van der Waals surface area contributed by atoms with Gasteiger partial charge in [0.25, 0.3) is 0 Å². The van der Waals surface area contributed by atoms with Crippen molar-refractivity contribution in [2.45, 2.75) is 25.6 Å². The van der Waals surface area contributed by atoms with Gasteiger partial charge >= 0.3 is 0 Å². The first kappa shape index (κ1) is 8.92. The molecule has 0 aromatic heterocycles. The molecule has 1 aromatic rings. The van der Waals surface area contributed by atoms with Crippen molar-refractivity contribution in [2.75, 3.05) is 0 Å². The van der Waals surface area contributed by atoms with Crippen molar-refractivity contribution < 1.29 is 4.79 Å². The standard InChI is InChI=1S/C12H14N2O/c13-11-5-10(11)12(15)14-6-8-3-1-2-4-9(8)7-14/h1-4,10-11H,5-7,13H2. The average molecular weight is 202 g/mol. The molecule has 1 saturated carbocycles. The predicted molar refractivity (Wildman–Crippen MR) is 56.8 cm³/mol. The lowest BCUT2D eigenvalue weighted by atomic mass is 10.1. The smallest absolute Gasteiger partial charge is 0.227 e. The van der Waals surface area contributed by atoms with Gasteiger partial charge in [0.15, 0.2) is 0 Å². The molecule has 0 bridgehead atoms. The monoisotopic (exact) mass is 202 g/mol. The van der Waals surface area contributed by atoms with Gasteiger partial charge in [-0.25, -0.2) is 0 Å². The molecule has 0 radical (unpaired) electrons. The van der Waals surface area contributed by atoms with Gasteiger partial charge in [-0.2, -0.15) is 0 Å². The topological polar surface area (TPSA) is 46.3 Å². The van der Waals surface area contributed by atoms with Gasteiger partial charge in [0, 0.05) is 19.1 Å². The van der Waals surface area contributed by atoms with E-state index in [9.17, 15) is 4.79 Å². The summed E-state index contributed by atoms with van der Waals surface area (Å²) < 4.78 is 0. The van der Waals surface area contributed by atoms with Crippen molar-refractivity contribution in [3.8, 4) is 0 Å². The van der Waals surface area contributed by atoms with Crippen LogP contribution in [-0.4, -0.2) is 16.8 Å². The van der Waals surface area contributed by atoms with E-state index in [2.05, 4.69) is 12.1 Å². The second kappa shape index (κ2) is 3.07. The lowest BCUT2D eigenvalue weighted by Crippen LogP contribution is -2.28. The van der Waals surface area contributed by atoms with E-state index in [-0.39, 0.29) is 17.9 Å². The first-order valence-corrected chi connectivity index (χ1v) is 5.37. The van der Waals surface area contributed by atoms with E-state index in [4.69, 9.17) is 5.73 Å². The molecule has 1 amide bonds. The number of nitrogens with zero attached hydrogens (tertiary/aromatic N) is 1. The number of fused-ring (bicyclic) bond motifs is 1. The molecular weight excluding hydrogens is 188 g/mol. The minimum absolute atomic E-state index is 0.0966. The number of amides is 1. The Labute approximate surface area is 88.9 Å². The first-order valence-electron chi connectivity index (χ1n) is 5.37. The van der Waals surface area contributed by atoms with Crippen LogP contribution in [0.25, 0.3) is 0 Å². The van der Waals surface area contributed by atoms with Crippen LogP contribution < -0.4 is 5.73 Å². The minimum atomic E-state index is 0.0966. The molecule has 1 aromatic carbocycles. The Hall–Kier alpha value is -1.35. The van der Waals surface area contributed by atoms with Crippen LogP contribution in [0.2, 0.25) is 0 Å². The summed E-state index contributed by atoms with van der Waals surface area (Å²) in [6.07, 6.45) is 0.867. The van der Waals surface area contributed by atoms with Crippen molar-refractivity contribution in [3.05, 3.63) is 35.4 Å². The van der Waals surface area contributed by atoms with E-state index in [1.54, 1.807) is 0 Å². The largest absolute Gasteiger partial charge is 0.334 e. The summed E-state index contributed by atoms with van der Waals surface area (Å²) in [5.41, 5.74) is 8.25. The molecule has 2 unspecified atom stereocenters. The second-order valence-corrected chi connectivity index (χ2v) is 4.47. The molecule has 2 N–H and O–H groups in total. The van der Waals surface area contributed by atoms with Crippen LogP contribution in [-0.2, 0) is 17.9 Å². The highest BCUT2D eigenvalue weighted by atomic mass is 16.2. The van der Waals surface area contributed by atoms with Crippen LogP contribution >= 0.6 is 0 Å². The maximum absolute atomic E-state index is 11.9. The highest BCUT2D eigenvalue weighted by Gasteiger charge is 2.43. The Morgan fingerprint density at radius 3 is 2.27 bits per heavy atom. The lowest BCUT2D eigenvalue weighted by Gasteiger charge is -2.14. The average Bonchev–Trinajstić information content (AvgIpc) is 2.81. The van der Waals surface area contributed by atoms with Crippen molar-refractivity contribution in [3.63, 3.8) is 0 Å². The molecule has 78 valence electrons. The van der Waals surface area contributed by atoms with E-state index >= 15 is 0 Å². The molecular formula is C12H14N2O. The zero-order valence-corrected chi connectivity index (χ0v) is 8.52. The van der Waals surface area contributed by atoms with Gasteiger partial charge in [0.05, 0.1) is 5.92 Å². The Bertz CT molecular complexity index is 391. The molecule has 3 heteroatoms. The van der Waals surface area contributed by atoms with Crippen molar-refractivity contribution in [1.29, 1.82) is 0 Å². The number of carbonyl (C=O) groups is 1. The first-order chi connectivity index (χ1) is 7.25. The number of nitrogens with two attached hydrogens (primary N) is 1. The van der Waals surface area contributed by atoms with Gasteiger partial charge in [-0.05, 0) is 17.5 Å². The van der Waals surface area contributed by atoms with Gasteiger partial charge in [-0.1, -0.05) is 24.3 Å². The number of hydrogen-bond acceptors (Lipinski definition) is 2. The van der Waals surface area contributed by atoms with Crippen LogP contribution in [0.4, 0.5) is 0 Å². The molecule has 2 aliphatic rings. The fraction of sp³-hybridized carbons (Fsp3) is 0.417. The fourth-order valence-corrected chi connectivity index (χ4v) is 2.22. The van der Waals surface area contributed by atoms with Crippen molar-refractivity contribution >= 4 is 5.91 Å². The summed E-state index contributed by atoms with van der Waals surface area (Å²) in [5, 5.41) is 0. The van der Waals surface area contributed by atoms with Crippen molar-refractivity contribution in [2.24, 2.45) is 11.7 Å². The van der Waals surface area contributed by atoms with Crippen LogP contribution in [0.5, 0.6) is 0 Å². The SMILES string of the molecule is NC1CC1C(=O)N1Cc2ccccc2C1. The molecule has 0 saturated heterocycles. The molecule has 1 fully saturated rings. The zero-order chi connectivity index (χ0) is 10.4. The van der Waals surface area contributed by atoms with Crippen molar-refractivity contribution in [1.82, 2.24) is 4.90 Å². The van der Waals surface area contributed by atoms with Crippen LogP contribution in [0.1, 0.15) is 17.5 Å². The Balaban J connectivity index is 1.76. The molecule has 15 heavy (non-hydrogen) atoms. The quantitative estimate of drug-likeness (QED) is 0.734. The summed E-state index contributed by atoms with van der Waals surface area (Å²) in [6.45, 7) is 1.52. The number of rotatable bonds is 1. The summed E-state index contributed by atoms with van der Waals surface area (Å²) in [6, 6.07) is 8.34. The third-order valence-electron chi connectivity index (χ3n) is 3.31. The molecule has 0 spiro atoms. The van der Waals surface area contributed by atoms with Gasteiger partial charge in [0.2, 0.25) is 5.91 Å². The number of hydrogen-bond donors (Lipinski definition) is 1. The van der Waals surface area contributed by atoms with Crippen LogP contribution in [0.15, 0.2) is 24.3 Å². The Morgan fingerprint density at radius 1 is 1.27 bits per heavy atom. The molecule has 3 rings (SSSR count). The van der Waals surface area contributed by atoms with E-state index in [1.165, 1.54) is 11.1 Å². The Morgan fingerprint density at radius 2 is 1.80 bits per heavy atom. The van der Waals surface area contributed by atoms with Crippen LogP contribution in [0, 0.1) is 5.92 Å². The van der Waals surface area contributed by atoms with Gasteiger partial charge in [0.1, 0.15) is 0 Å². The fourth-order valence-electron chi connectivity index (χ4n) is 2.22. The number of carbonyl (C=O) groups excluding carboxylic acids is 1. The maximum atomic E-state index is 11.9. The lowest BCUT2D eigenvalue weighted by molar-refractivity contribution is -0.133. The molecule has 1 aliphatic carbocycles. The summed E-state index contributed by atoms with van der Waals surface area (Å²) >= 11 is 0. The van der Waals surface area contributed by atoms with Crippen LogP contribution in [0.3, 0.4) is 0 Å². The van der Waals surface area contributed by atoms with Gasteiger partial charge in [-0.3, -0.25) is 4.79 Å². The minimum Gasteiger partial charge on any atom is -0.334 e. The summed E-state index contributed by atoms with van der Waals surface area (Å²) in [5.74, 6) is 0.331.